The molecule has 5 nitrogen and oxygen atoms in total. The van der Waals surface area contributed by atoms with Crippen LogP contribution in [0.2, 0.25) is 0 Å². The largest absolute Gasteiger partial charge is 0.464 e. The van der Waals surface area contributed by atoms with E-state index in [9.17, 15) is 14.4 Å². The Hall–Kier alpha value is -2.43. The van der Waals surface area contributed by atoms with Crippen molar-refractivity contribution in [3.63, 3.8) is 0 Å². The molecule has 2 aromatic rings. The van der Waals surface area contributed by atoms with E-state index in [1.807, 2.05) is 18.2 Å². The van der Waals surface area contributed by atoms with Crippen molar-refractivity contribution in [2.75, 3.05) is 0 Å². The Morgan fingerprint density at radius 1 is 1.33 bits per heavy atom. The van der Waals surface area contributed by atoms with Crippen LogP contribution in [0, 0.1) is 0 Å². The Bertz CT molecular complexity index is 716. The molecule has 1 fully saturated rings. The summed E-state index contributed by atoms with van der Waals surface area (Å²) in [6.45, 7) is 0. The second-order valence-electron chi connectivity index (χ2n) is 5.23. The Morgan fingerprint density at radius 2 is 2.19 bits per heavy atom. The van der Waals surface area contributed by atoms with Gasteiger partial charge in [0.05, 0.1) is 12.2 Å². The number of aryl methyl sites for hydroxylation is 1. The number of amides is 2. The van der Waals surface area contributed by atoms with Crippen LogP contribution < -0.4 is 5.32 Å². The molecule has 2 amide bonds. The molecule has 1 aliphatic heterocycles. The van der Waals surface area contributed by atoms with E-state index in [4.69, 9.17) is 4.42 Å². The van der Waals surface area contributed by atoms with Gasteiger partial charge in [0.1, 0.15) is 11.9 Å². The molecule has 0 radical (unpaired) electrons. The van der Waals surface area contributed by atoms with Crippen LogP contribution in [0.3, 0.4) is 0 Å². The molecule has 0 saturated carbocycles. The van der Waals surface area contributed by atoms with E-state index < -0.39 is 0 Å². The highest BCUT2D eigenvalue weighted by Gasteiger charge is 2.30. The van der Waals surface area contributed by atoms with E-state index in [1.54, 1.807) is 6.26 Å². The fourth-order valence-electron chi connectivity index (χ4n) is 2.74. The van der Waals surface area contributed by atoms with E-state index in [0.29, 0.717) is 31.3 Å². The lowest BCUT2D eigenvalue weighted by molar-refractivity contribution is -0.134. The zero-order valence-electron chi connectivity index (χ0n) is 11.4. The van der Waals surface area contributed by atoms with Gasteiger partial charge in [0.25, 0.3) is 0 Å². The van der Waals surface area contributed by atoms with E-state index in [-0.39, 0.29) is 17.7 Å². The normalized spacial score (nSPS) is 18.8. The first-order chi connectivity index (χ1) is 10.2. The summed E-state index contributed by atoms with van der Waals surface area (Å²) >= 11 is 0. The van der Waals surface area contributed by atoms with Gasteiger partial charge in [0, 0.05) is 23.8 Å². The molecule has 1 saturated heterocycles. The minimum absolute atomic E-state index is 0.226. The van der Waals surface area contributed by atoms with Crippen molar-refractivity contribution in [2.24, 2.45) is 0 Å². The summed E-state index contributed by atoms with van der Waals surface area (Å²) in [6, 6.07) is 5.73. The van der Waals surface area contributed by atoms with Crippen LogP contribution in [-0.4, -0.2) is 18.1 Å². The smallest absolute Gasteiger partial charge is 0.234 e. The van der Waals surface area contributed by atoms with Crippen molar-refractivity contribution in [3.8, 4) is 0 Å². The zero-order valence-corrected chi connectivity index (χ0v) is 11.4. The highest BCUT2D eigenvalue weighted by atomic mass is 16.3. The molecule has 1 aromatic heterocycles. The lowest BCUT2D eigenvalue weighted by Crippen LogP contribution is -2.39. The van der Waals surface area contributed by atoms with Crippen molar-refractivity contribution in [1.82, 2.24) is 5.32 Å². The fourth-order valence-corrected chi connectivity index (χ4v) is 2.74. The van der Waals surface area contributed by atoms with Crippen LogP contribution in [0.4, 0.5) is 0 Å². The number of furan rings is 1. The van der Waals surface area contributed by atoms with Crippen LogP contribution in [0.25, 0.3) is 11.0 Å². The summed E-state index contributed by atoms with van der Waals surface area (Å²) in [6.07, 6.45) is 4.46. The van der Waals surface area contributed by atoms with E-state index in [1.165, 1.54) is 0 Å². The number of hydrogen-bond acceptors (Lipinski definition) is 4. The monoisotopic (exact) mass is 285 g/mol. The van der Waals surface area contributed by atoms with Crippen LogP contribution >= 0.6 is 0 Å². The zero-order chi connectivity index (χ0) is 14.8. The maximum Gasteiger partial charge on any atom is 0.234 e. The first kappa shape index (κ1) is 13.5. The van der Waals surface area contributed by atoms with Gasteiger partial charge < -0.3 is 9.21 Å². The first-order valence-electron chi connectivity index (χ1n) is 6.96. The standard InChI is InChI=1S/C16H15NO4/c18-7-1-2-10-3-5-14-12(8-10)13(9-21-14)11-4-6-15(19)17-16(11)20/h3,5,7-9,11H,1-2,4,6H2,(H,17,19,20). The predicted octanol–water partition coefficient (Wildman–Crippen LogP) is 2.08. The molecule has 1 N–H and O–H groups in total. The Morgan fingerprint density at radius 3 is 2.95 bits per heavy atom. The first-order valence-corrected chi connectivity index (χ1v) is 6.96. The third-order valence-electron chi connectivity index (χ3n) is 3.83. The molecule has 1 unspecified atom stereocenters. The molecule has 0 spiro atoms. The number of aldehydes is 1. The Kier molecular flexibility index (Phi) is 3.56. The van der Waals surface area contributed by atoms with Crippen LogP contribution in [-0.2, 0) is 20.8 Å². The molecule has 5 heteroatoms. The molecule has 1 aromatic carbocycles. The topological polar surface area (TPSA) is 76.4 Å². The summed E-state index contributed by atoms with van der Waals surface area (Å²) in [5.74, 6) is -0.853. The van der Waals surface area contributed by atoms with Crippen molar-refractivity contribution in [1.29, 1.82) is 0 Å². The summed E-state index contributed by atoms with van der Waals surface area (Å²) in [7, 11) is 0. The summed E-state index contributed by atoms with van der Waals surface area (Å²) in [5.41, 5.74) is 2.55. The number of carbonyl (C=O) groups excluding carboxylic acids is 3. The molecular formula is C16H15NO4. The molecule has 21 heavy (non-hydrogen) atoms. The number of benzene rings is 1. The average Bonchev–Trinajstić information content (AvgIpc) is 2.88. The van der Waals surface area contributed by atoms with E-state index >= 15 is 0 Å². The summed E-state index contributed by atoms with van der Waals surface area (Å²) in [5, 5.41) is 3.25. The number of carbonyl (C=O) groups is 3. The number of rotatable bonds is 4. The van der Waals surface area contributed by atoms with Gasteiger partial charge >= 0.3 is 0 Å². The highest BCUT2D eigenvalue weighted by Crippen LogP contribution is 2.33. The lowest BCUT2D eigenvalue weighted by Gasteiger charge is -2.19. The van der Waals surface area contributed by atoms with Gasteiger partial charge in [-0.05, 0) is 30.5 Å². The molecule has 108 valence electrons. The summed E-state index contributed by atoms with van der Waals surface area (Å²) in [4.78, 5) is 33.7. The molecule has 1 aliphatic rings. The Labute approximate surface area is 121 Å². The second kappa shape index (κ2) is 5.52. The third-order valence-corrected chi connectivity index (χ3v) is 3.83. The molecule has 0 aliphatic carbocycles. The number of imide groups is 1. The van der Waals surface area contributed by atoms with Crippen LogP contribution in [0.5, 0.6) is 0 Å². The molecule has 1 atom stereocenters. The number of piperidine rings is 1. The second-order valence-corrected chi connectivity index (χ2v) is 5.23. The van der Waals surface area contributed by atoms with E-state index in [2.05, 4.69) is 5.32 Å². The molecule has 2 heterocycles. The third kappa shape index (κ3) is 2.59. The van der Waals surface area contributed by atoms with Gasteiger partial charge in [-0.25, -0.2) is 0 Å². The number of hydrogen-bond donors (Lipinski definition) is 1. The van der Waals surface area contributed by atoms with Gasteiger partial charge in [-0.3, -0.25) is 14.9 Å². The van der Waals surface area contributed by atoms with Crippen molar-refractivity contribution >= 4 is 29.1 Å². The quantitative estimate of drug-likeness (QED) is 0.689. The van der Waals surface area contributed by atoms with E-state index in [0.717, 1.165) is 22.8 Å². The van der Waals surface area contributed by atoms with Gasteiger partial charge in [0.15, 0.2) is 0 Å². The van der Waals surface area contributed by atoms with Gasteiger partial charge in [0.2, 0.25) is 11.8 Å². The van der Waals surface area contributed by atoms with Crippen molar-refractivity contribution in [3.05, 3.63) is 35.6 Å². The molecular weight excluding hydrogens is 270 g/mol. The Balaban J connectivity index is 1.96. The van der Waals surface area contributed by atoms with Gasteiger partial charge in [-0.2, -0.15) is 0 Å². The van der Waals surface area contributed by atoms with Crippen LogP contribution in [0.15, 0.2) is 28.9 Å². The maximum atomic E-state index is 12.0. The summed E-state index contributed by atoms with van der Waals surface area (Å²) < 4.78 is 5.50. The van der Waals surface area contributed by atoms with Crippen LogP contribution in [0.1, 0.15) is 36.3 Å². The van der Waals surface area contributed by atoms with Gasteiger partial charge in [-0.1, -0.05) is 6.07 Å². The molecule has 0 bridgehead atoms. The SMILES string of the molecule is O=CCCc1ccc2occ(C3CCC(=O)NC3=O)c2c1. The fraction of sp³-hybridized carbons (Fsp3) is 0.312. The molecule has 3 rings (SSSR count). The number of fused-ring (bicyclic) bond motifs is 1. The van der Waals surface area contributed by atoms with Gasteiger partial charge in [-0.15, -0.1) is 0 Å². The average molecular weight is 285 g/mol. The minimum atomic E-state index is -0.356. The van der Waals surface area contributed by atoms with Crippen molar-refractivity contribution in [2.45, 2.75) is 31.6 Å². The predicted molar refractivity (Wildman–Crippen MR) is 75.7 cm³/mol. The minimum Gasteiger partial charge on any atom is -0.464 e. The lowest BCUT2D eigenvalue weighted by atomic mass is 9.90. The number of nitrogens with one attached hydrogen (secondary N) is 1. The maximum absolute atomic E-state index is 12.0. The van der Waals surface area contributed by atoms with Crippen molar-refractivity contribution < 1.29 is 18.8 Å². The highest BCUT2D eigenvalue weighted by molar-refractivity contribution is 6.02.